The van der Waals surface area contributed by atoms with Crippen molar-refractivity contribution in [2.45, 2.75) is 25.9 Å². The molecule has 72 valence electrons. The van der Waals surface area contributed by atoms with Gasteiger partial charge in [0, 0.05) is 0 Å². The molecule has 1 heterocycles. The summed E-state index contributed by atoms with van der Waals surface area (Å²) in [7, 11) is 0. The Labute approximate surface area is 76.1 Å². The number of ether oxygens (including phenoxy) is 2. The molecule has 0 bridgehead atoms. The van der Waals surface area contributed by atoms with Crippen molar-refractivity contribution in [1.29, 1.82) is 0 Å². The molecule has 0 aromatic heterocycles. The third kappa shape index (κ3) is 1.61. The average Bonchev–Trinajstić information content (AvgIpc) is 2.88. The summed E-state index contributed by atoms with van der Waals surface area (Å²) < 4.78 is 9.91. The van der Waals surface area contributed by atoms with E-state index in [9.17, 15) is 9.90 Å². The smallest absolute Gasteiger partial charge is 0.377 e. The van der Waals surface area contributed by atoms with Gasteiger partial charge in [0.2, 0.25) is 5.76 Å². The summed E-state index contributed by atoms with van der Waals surface area (Å²) >= 11 is 0. The molecule has 4 nitrogen and oxygen atoms in total. The first-order valence-electron chi connectivity index (χ1n) is 4.44. The van der Waals surface area contributed by atoms with Crippen LogP contribution in [-0.4, -0.2) is 23.8 Å². The molecule has 13 heavy (non-hydrogen) atoms. The fourth-order valence-electron chi connectivity index (χ4n) is 1.35. The summed E-state index contributed by atoms with van der Waals surface area (Å²) in [5.41, 5.74) is 0. The summed E-state index contributed by atoms with van der Waals surface area (Å²) in [4.78, 5) is 11.0. The highest BCUT2D eigenvalue weighted by atomic mass is 16.6. The van der Waals surface area contributed by atoms with Crippen LogP contribution < -0.4 is 0 Å². The molecule has 0 spiro atoms. The van der Waals surface area contributed by atoms with Gasteiger partial charge < -0.3 is 14.6 Å². The van der Waals surface area contributed by atoms with Crippen molar-refractivity contribution in [2.75, 3.05) is 6.61 Å². The largest absolute Gasteiger partial charge is 0.505 e. The summed E-state index contributed by atoms with van der Waals surface area (Å²) in [5.74, 6) is -0.101. The van der Waals surface area contributed by atoms with E-state index < -0.39 is 5.97 Å². The molecular formula is C9H12O4. The molecule has 0 radical (unpaired) electrons. The molecule has 0 aromatic carbocycles. The Hall–Kier alpha value is -1.19. The second-order valence-electron chi connectivity index (χ2n) is 3.51. The standard InChI is InChI=1S/C9H12O4/c1-5(6-2-3-6)13-8-7(10)4-12-9(8)11/h5-6,10H,2-4H2,1H3. The molecule has 2 rings (SSSR count). The zero-order chi connectivity index (χ0) is 9.42. The lowest BCUT2D eigenvalue weighted by Crippen LogP contribution is -2.14. The van der Waals surface area contributed by atoms with Crippen LogP contribution in [0.25, 0.3) is 0 Å². The SMILES string of the molecule is CC(OC1=C(O)COC1=O)C1CC1. The van der Waals surface area contributed by atoms with Gasteiger partial charge in [0.15, 0.2) is 12.4 Å². The molecule has 1 N–H and O–H groups in total. The number of esters is 1. The van der Waals surface area contributed by atoms with E-state index in [1.807, 2.05) is 6.92 Å². The summed E-state index contributed by atoms with van der Waals surface area (Å²) in [5, 5.41) is 9.22. The predicted molar refractivity (Wildman–Crippen MR) is 43.9 cm³/mol. The van der Waals surface area contributed by atoms with Gasteiger partial charge in [-0.1, -0.05) is 0 Å². The van der Waals surface area contributed by atoms with Crippen molar-refractivity contribution in [3.63, 3.8) is 0 Å². The molecule has 1 saturated carbocycles. The van der Waals surface area contributed by atoms with Gasteiger partial charge in [0.1, 0.15) is 0 Å². The van der Waals surface area contributed by atoms with E-state index in [4.69, 9.17) is 4.74 Å². The maximum atomic E-state index is 11.0. The van der Waals surface area contributed by atoms with Gasteiger partial charge in [-0.25, -0.2) is 4.79 Å². The summed E-state index contributed by atoms with van der Waals surface area (Å²) in [6, 6.07) is 0. The van der Waals surface area contributed by atoms with E-state index in [0.717, 1.165) is 12.8 Å². The fraction of sp³-hybridized carbons (Fsp3) is 0.667. The van der Waals surface area contributed by atoms with Crippen LogP contribution in [0.2, 0.25) is 0 Å². The van der Waals surface area contributed by atoms with Crippen molar-refractivity contribution < 1.29 is 19.4 Å². The number of carbonyl (C=O) groups excluding carboxylic acids is 1. The van der Waals surface area contributed by atoms with Gasteiger partial charge in [-0.05, 0) is 25.7 Å². The minimum Gasteiger partial charge on any atom is -0.505 e. The summed E-state index contributed by atoms with van der Waals surface area (Å²) in [6.45, 7) is 1.86. The number of carbonyl (C=O) groups is 1. The molecule has 2 aliphatic rings. The highest BCUT2D eigenvalue weighted by molar-refractivity contribution is 5.88. The minimum absolute atomic E-state index is 0.000556. The third-order valence-electron chi connectivity index (χ3n) is 2.38. The average molecular weight is 184 g/mol. The van der Waals surface area contributed by atoms with Gasteiger partial charge >= 0.3 is 5.97 Å². The molecule has 1 unspecified atom stereocenters. The molecule has 1 aliphatic heterocycles. The van der Waals surface area contributed by atoms with Crippen LogP contribution in [0.5, 0.6) is 0 Å². The highest BCUT2D eigenvalue weighted by Crippen LogP contribution is 2.35. The second kappa shape index (κ2) is 2.94. The van der Waals surface area contributed by atoms with Crippen LogP contribution >= 0.6 is 0 Å². The lowest BCUT2D eigenvalue weighted by molar-refractivity contribution is -0.140. The molecule has 1 atom stereocenters. The van der Waals surface area contributed by atoms with Crippen LogP contribution in [0.3, 0.4) is 0 Å². The quantitative estimate of drug-likeness (QED) is 0.668. The molecule has 0 aromatic rings. The van der Waals surface area contributed by atoms with Crippen LogP contribution in [-0.2, 0) is 14.3 Å². The van der Waals surface area contributed by atoms with Crippen molar-refractivity contribution in [3.05, 3.63) is 11.5 Å². The monoisotopic (exact) mass is 184 g/mol. The second-order valence-corrected chi connectivity index (χ2v) is 3.51. The van der Waals surface area contributed by atoms with Crippen LogP contribution in [0, 0.1) is 5.92 Å². The Balaban J connectivity index is 1.99. The summed E-state index contributed by atoms with van der Waals surface area (Å²) in [6.07, 6.45) is 2.29. The number of cyclic esters (lactones) is 1. The highest BCUT2D eigenvalue weighted by Gasteiger charge is 2.34. The molecule has 0 amide bonds. The van der Waals surface area contributed by atoms with Gasteiger partial charge in [0.25, 0.3) is 0 Å². The van der Waals surface area contributed by atoms with E-state index in [2.05, 4.69) is 4.74 Å². The Morgan fingerprint density at radius 1 is 1.62 bits per heavy atom. The first kappa shape index (κ1) is 8.41. The first-order valence-corrected chi connectivity index (χ1v) is 4.44. The van der Waals surface area contributed by atoms with Crippen LogP contribution in [0.15, 0.2) is 11.5 Å². The number of aliphatic hydroxyl groups is 1. The van der Waals surface area contributed by atoms with E-state index in [1.165, 1.54) is 0 Å². The third-order valence-corrected chi connectivity index (χ3v) is 2.38. The Bertz CT molecular complexity index is 265. The fourth-order valence-corrected chi connectivity index (χ4v) is 1.35. The Kier molecular flexibility index (Phi) is 1.90. The Morgan fingerprint density at radius 2 is 2.31 bits per heavy atom. The van der Waals surface area contributed by atoms with Gasteiger partial charge in [0.05, 0.1) is 6.10 Å². The first-order chi connectivity index (χ1) is 6.18. The van der Waals surface area contributed by atoms with Gasteiger partial charge in [-0.2, -0.15) is 0 Å². The normalized spacial score (nSPS) is 24.5. The van der Waals surface area contributed by atoms with E-state index in [0.29, 0.717) is 5.92 Å². The van der Waals surface area contributed by atoms with Gasteiger partial charge in [-0.3, -0.25) is 0 Å². The van der Waals surface area contributed by atoms with Crippen molar-refractivity contribution in [2.24, 2.45) is 5.92 Å². The Morgan fingerprint density at radius 3 is 2.77 bits per heavy atom. The lowest BCUT2D eigenvalue weighted by atomic mass is 10.2. The number of hydrogen-bond acceptors (Lipinski definition) is 4. The van der Waals surface area contributed by atoms with Crippen molar-refractivity contribution in [3.8, 4) is 0 Å². The number of aliphatic hydroxyl groups excluding tert-OH is 1. The maximum absolute atomic E-state index is 11.0. The number of hydrogen-bond donors (Lipinski definition) is 1. The molecule has 4 heteroatoms. The van der Waals surface area contributed by atoms with Crippen molar-refractivity contribution >= 4 is 5.97 Å². The maximum Gasteiger partial charge on any atom is 0.377 e. The van der Waals surface area contributed by atoms with E-state index in [-0.39, 0.29) is 24.2 Å². The minimum atomic E-state index is -0.551. The van der Waals surface area contributed by atoms with E-state index >= 15 is 0 Å². The molecule has 0 saturated heterocycles. The van der Waals surface area contributed by atoms with Gasteiger partial charge in [-0.15, -0.1) is 0 Å². The lowest BCUT2D eigenvalue weighted by Gasteiger charge is -2.12. The molecular weight excluding hydrogens is 172 g/mol. The number of rotatable bonds is 3. The zero-order valence-corrected chi connectivity index (χ0v) is 7.45. The van der Waals surface area contributed by atoms with Crippen LogP contribution in [0.4, 0.5) is 0 Å². The topological polar surface area (TPSA) is 55.8 Å². The van der Waals surface area contributed by atoms with E-state index in [1.54, 1.807) is 0 Å². The van der Waals surface area contributed by atoms with Crippen LogP contribution in [0.1, 0.15) is 19.8 Å². The predicted octanol–water partition coefficient (Wildman–Crippen LogP) is 1.13. The zero-order valence-electron chi connectivity index (χ0n) is 7.45. The molecule has 1 fully saturated rings. The van der Waals surface area contributed by atoms with Crippen molar-refractivity contribution in [1.82, 2.24) is 0 Å². The molecule has 1 aliphatic carbocycles.